The van der Waals surface area contributed by atoms with Crippen LogP contribution in [0.3, 0.4) is 0 Å². The number of fused-ring (bicyclic) bond motifs is 9. The molecule has 90 valence electrons. The van der Waals surface area contributed by atoms with Gasteiger partial charge in [-0.1, -0.05) is 0 Å². The molecule has 0 spiro atoms. The molecule has 0 aliphatic heterocycles. The van der Waals surface area contributed by atoms with E-state index in [1.54, 1.807) is 0 Å². The minimum Gasteiger partial charge on any atom is -0.396 e. The summed E-state index contributed by atoms with van der Waals surface area (Å²) in [6, 6.07) is 0. The van der Waals surface area contributed by atoms with Crippen molar-refractivity contribution in [3.05, 3.63) is 0 Å². The standard InChI is InChI=1S/C14H22O2/c15-5-9-1-7-3-11(9)14-8-2-10(6-16)12(4-8)13(7)14/h7-16H,1-6H2/t7?,8?,9?,10?,11-,12?,13?,14?/m1/s1. The average Bonchev–Trinajstić information content (AvgIpc) is 3.03. The summed E-state index contributed by atoms with van der Waals surface area (Å²) in [5.41, 5.74) is 0. The van der Waals surface area contributed by atoms with Gasteiger partial charge in [-0.05, 0) is 73.0 Å². The second-order valence-corrected chi connectivity index (χ2v) is 6.83. The first kappa shape index (κ1) is 9.90. The van der Waals surface area contributed by atoms with E-state index in [4.69, 9.17) is 0 Å². The van der Waals surface area contributed by atoms with E-state index in [0.717, 1.165) is 35.5 Å². The zero-order valence-electron chi connectivity index (χ0n) is 9.76. The molecule has 0 amide bonds. The van der Waals surface area contributed by atoms with Gasteiger partial charge in [0.15, 0.2) is 0 Å². The second-order valence-electron chi connectivity index (χ2n) is 6.83. The topological polar surface area (TPSA) is 40.5 Å². The van der Waals surface area contributed by atoms with Gasteiger partial charge in [-0.15, -0.1) is 0 Å². The van der Waals surface area contributed by atoms with Crippen molar-refractivity contribution in [1.29, 1.82) is 0 Å². The van der Waals surface area contributed by atoms with Gasteiger partial charge in [0.25, 0.3) is 0 Å². The molecular weight excluding hydrogens is 200 g/mol. The minimum atomic E-state index is 0.422. The maximum absolute atomic E-state index is 9.44. The first-order valence-electron chi connectivity index (χ1n) is 7.05. The smallest absolute Gasteiger partial charge is 0.0462 e. The van der Waals surface area contributed by atoms with Crippen LogP contribution >= 0.6 is 0 Å². The van der Waals surface area contributed by atoms with Crippen molar-refractivity contribution < 1.29 is 10.2 Å². The fourth-order valence-electron chi connectivity index (χ4n) is 6.29. The van der Waals surface area contributed by atoms with E-state index in [1.807, 2.05) is 0 Å². The fourth-order valence-corrected chi connectivity index (χ4v) is 6.29. The Hall–Kier alpha value is -0.0800. The molecule has 0 aromatic carbocycles. The third kappa shape index (κ3) is 1.01. The van der Waals surface area contributed by atoms with E-state index >= 15 is 0 Å². The Morgan fingerprint density at radius 1 is 0.688 bits per heavy atom. The predicted molar refractivity (Wildman–Crippen MR) is 60.6 cm³/mol. The lowest BCUT2D eigenvalue weighted by atomic mass is 9.65. The van der Waals surface area contributed by atoms with Crippen LogP contribution in [-0.2, 0) is 0 Å². The highest BCUT2D eigenvalue weighted by atomic mass is 16.3. The van der Waals surface area contributed by atoms with Crippen LogP contribution in [0.4, 0.5) is 0 Å². The van der Waals surface area contributed by atoms with Crippen LogP contribution in [0.1, 0.15) is 25.7 Å². The van der Waals surface area contributed by atoms with Gasteiger partial charge in [-0.25, -0.2) is 0 Å². The molecule has 0 radical (unpaired) electrons. The molecule has 2 nitrogen and oxygen atoms in total. The molecule has 2 N–H and O–H groups in total. The number of aliphatic hydroxyl groups excluding tert-OH is 2. The van der Waals surface area contributed by atoms with E-state index in [-0.39, 0.29) is 0 Å². The highest BCUT2D eigenvalue weighted by Crippen LogP contribution is 2.69. The Labute approximate surface area is 97.0 Å². The van der Waals surface area contributed by atoms with Gasteiger partial charge in [0, 0.05) is 13.2 Å². The van der Waals surface area contributed by atoms with Crippen LogP contribution < -0.4 is 0 Å². The Bertz CT molecular complexity index is 273. The van der Waals surface area contributed by atoms with Crippen LogP contribution in [-0.4, -0.2) is 23.4 Å². The van der Waals surface area contributed by atoms with Crippen molar-refractivity contribution >= 4 is 0 Å². The SMILES string of the molecule is OCC1CC2CC1C1C3CC(CO)[C@@H](C3)C21. The summed E-state index contributed by atoms with van der Waals surface area (Å²) in [6.45, 7) is 0.844. The third-order valence-corrected chi connectivity index (χ3v) is 6.56. The largest absolute Gasteiger partial charge is 0.396 e. The molecule has 2 heteroatoms. The second kappa shape index (κ2) is 3.23. The van der Waals surface area contributed by atoms with Crippen molar-refractivity contribution in [3.8, 4) is 0 Å². The molecule has 4 fully saturated rings. The number of hydrogen-bond acceptors (Lipinski definition) is 2. The highest BCUT2D eigenvalue weighted by molar-refractivity contribution is 5.12. The maximum atomic E-state index is 9.44. The average molecular weight is 222 g/mol. The van der Waals surface area contributed by atoms with E-state index in [1.165, 1.54) is 25.7 Å². The van der Waals surface area contributed by atoms with Crippen molar-refractivity contribution in [3.63, 3.8) is 0 Å². The van der Waals surface area contributed by atoms with Gasteiger partial charge in [-0.2, -0.15) is 0 Å². The van der Waals surface area contributed by atoms with E-state index < -0.39 is 0 Å². The molecule has 0 aromatic heterocycles. The normalized spacial score (nSPS) is 61.9. The molecule has 7 unspecified atom stereocenters. The van der Waals surface area contributed by atoms with Crippen molar-refractivity contribution in [1.82, 2.24) is 0 Å². The molecule has 4 saturated carbocycles. The predicted octanol–water partition coefficient (Wildman–Crippen LogP) is 1.52. The van der Waals surface area contributed by atoms with E-state index in [0.29, 0.717) is 25.0 Å². The number of aliphatic hydroxyl groups is 2. The lowest BCUT2D eigenvalue weighted by Gasteiger charge is -2.40. The molecule has 0 heterocycles. The zero-order valence-corrected chi connectivity index (χ0v) is 9.76. The Balaban J connectivity index is 1.62. The van der Waals surface area contributed by atoms with Gasteiger partial charge in [0.2, 0.25) is 0 Å². The Morgan fingerprint density at radius 2 is 1.12 bits per heavy atom. The monoisotopic (exact) mass is 222 g/mol. The molecule has 0 aromatic rings. The maximum Gasteiger partial charge on any atom is 0.0462 e. The van der Waals surface area contributed by atoms with Crippen molar-refractivity contribution in [2.45, 2.75) is 25.7 Å². The quantitative estimate of drug-likeness (QED) is 0.695. The Morgan fingerprint density at radius 3 is 1.50 bits per heavy atom. The van der Waals surface area contributed by atoms with Gasteiger partial charge in [0.1, 0.15) is 0 Å². The summed E-state index contributed by atoms with van der Waals surface area (Å²) < 4.78 is 0. The molecular formula is C14H22O2. The molecule has 4 bridgehead atoms. The van der Waals surface area contributed by atoms with Gasteiger partial charge in [-0.3, -0.25) is 0 Å². The number of hydrogen-bond donors (Lipinski definition) is 2. The van der Waals surface area contributed by atoms with Crippen LogP contribution in [0.5, 0.6) is 0 Å². The third-order valence-electron chi connectivity index (χ3n) is 6.56. The lowest BCUT2D eigenvalue weighted by molar-refractivity contribution is 0.0352. The summed E-state index contributed by atoms with van der Waals surface area (Å²) in [4.78, 5) is 0. The van der Waals surface area contributed by atoms with Gasteiger partial charge in [0.05, 0.1) is 0 Å². The molecule has 0 saturated heterocycles. The van der Waals surface area contributed by atoms with Gasteiger partial charge < -0.3 is 10.2 Å². The summed E-state index contributed by atoms with van der Waals surface area (Å²) in [5.74, 6) is 6.60. The van der Waals surface area contributed by atoms with Crippen LogP contribution in [0.2, 0.25) is 0 Å². The molecule has 4 rings (SSSR count). The molecule has 8 atom stereocenters. The van der Waals surface area contributed by atoms with Crippen molar-refractivity contribution in [2.24, 2.45) is 47.3 Å². The zero-order chi connectivity index (χ0) is 10.9. The highest BCUT2D eigenvalue weighted by Gasteiger charge is 2.64. The summed E-state index contributed by atoms with van der Waals surface area (Å²) in [6.07, 6.45) is 5.35. The van der Waals surface area contributed by atoms with Crippen LogP contribution in [0.15, 0.2) is 0 Å². The first-order chi connectivity index (χ1) is 7.83. The van der Waals surface area contributed by atoms with E-state index in [2.05, 4.69) is 0 Å². The Kier molecular flexibility index (Phi) is 2.00. The summed E-state index contributed by atoms with van der Waals surface area (Å²) >= 11 is 0. The summed E-state index contributed by atoms with van der Waals surface area (Å²) in [7, 11) is 0. The van der Waals surface area contributed by atoms with E-state index in [9.17, 15) is 10.2 Å². The van der Waals surface area contributed by atoms with Crippen LogP contribution in [0, 0.1) is 47.3 Å². The molecule has 16 heavy (non-hydrogen) atoms. The first-order valence-corrected chi connectivity index (χ1v) is 7.05. The van der Waals surface area contributed by atoms with Crippen molar-refractivity contribution in [2.75, 3.05) is 13.2 Å². The van der Waals surface area contributed by atoms with Gasteiger partial charge >= 0.3 is 0 Å². The lowest BCUT2D eigenvalue weighted by Crippen LogP contribution is -2.37. The molecule has 4 aliphatic carbocycles. The summed E-state index contributed by atoms with van der Waals surface area (Å²) in [5, 5.41) is 18.9. The number of rotatable bonds is 2. The fraction of sp³-hybridized carbons (Fsp3) is 1.00. The molecule has 4 aliphatic rings. The van der Waals surface area contributed by atoms with Crippen LogP contribution in [0.25, 0.3) is 0 Å². The minimum absolute atomic E-state index is 0.422.